The molecule has 1 rings (SSSR count). The normalized spacial score (nSPS) is 11.6. The summed E-state index contributed by atoms with van der Waals surface area (Å²) in [6.45, 7) is 5.68. The van der Waals surface area contributed by atoms with Crippen LogP contribution in [0.25, 0.3) is 0 Å². The molecule has 0 radical (unpaired) electrons. The molecule has 0 saturated heterocycles. The van der Waals surface area contributed by atoms with E-state index in [0.29, 0.717) is 17.4 Å². The minimum atomic E-state index is -0.0211. The molecule has 0 spiro atoms. The summed E-state index contributed by atoms with van der Waals surface area (Å²) in [5.74, 6) is 5.91. The van der Waals surface area contributed by atoms with Crippen molar-refractivity contribution in [3.63, 3.8) is 0 Å². The third kappa shape index (κ3) is 3.85. The van der Waals surface area contributed by atoms with Crippen molar-refractivity contribution >= 4 is 11.6 Å². The van der Waals surface area contributed by atoms with Crippen LogP contribution in [0, 0.1) is 0 Å². The molecule has 17 heavy (non-hydrogen) atoms. The minimum absolute atomic E-state index is 0.0211. The van der Waals surface area contributed by atoms with Crippen molar-refractivity contribution in [2.75, 3.05) is 20.3 Å². The molecular formula is C12H20ClN3O. The molecule has 1 aromatic carbocycles. The van der Waals surface area contributed by atoms with Crippen LogP contribution in [0.3, 0.4) is 0 Å². The predicted molar refractivity (Wildman–Crippen MR) is 71.2 cm³/mol. The van der Waals surface area contributed by atoms with Crippen LogP contribution in [-0.4, -0.2) is 20.3 Å². The standard InChI is InChI=1S/C12H20ClN3O/c1-12(2,7-15-8-16-14)9-4-5-11(17-3)10(13)6-9/h4-6,15-16H,7-8,14H2,1-3H3. The number of ether oxygens (including phenoxy) is 1. The fourth-order valence-corrected chi connectivity index (χ4v) is 1.89. The first kappa shape index (κ1) is 14.3. The van der Waals surface area contributed by atoms with Gasteiger partial charge in [-0.05, 0) is 17.7 Å². The third-order valence-electron chi connectivity index (χ3n) is 2.73. The van der Waals surface area contributed by atoms with Gasteiger partial charge in [-0.2, -0.15) is 0 Å². The highest BCUT2D eigenvalue weighted by Gasteiger charge is 2.21. The van der Waals surface area contributed by atoms with E-state index in [2.05, 4.69) is 24.6 Å². The lowest BCUT2D eigenvalue weighted by Crippen LogP contribution is -2.40. The zero-order chi connectivity index (χ0) is 12.9. The van der Waals surface area contributed by atoms with E-state index in [0.717, 1.165) is 12.1 Å². The van der Waals surface area contributed by atoms with E-state index in [1.807, 2.05) is 18.2 Å². The van der Waals surface area contributed by atoms with Crippen LogP contribution < -0.4 is 21.3 Å². The van der Waals surface area contributed by atoms with Gasteiger partial charge in [0.25, 0.3) is 0 Å². The van der Waals surface area contributed by atoms with Gasteiger partial charge in [-0.25, -0.2) is 5.43 Å². The van der Waals surface area contributed by atoms with Crippen LogP contribution in [0.4, 0.5) is 0 Å². The largest absolute Gasteiger partial charge is 0.495 e. The molecule has 96 valence electrons. The number of hydrazine groups is 1. The van der Waals surface area contributed by atoms with Gasteiger partial charge in [0, 0.05) is 12.0 Å². The monoisotopic (exact) mass is 257 g/mol. The smallest absolute Gasteiger partial charge is 0.137 e. The lowest BCUT2D eigenvalue weighted by molar-refractivity contribution is 0.413. The first-order valence-electron chi connectivity index (χ1n) is 5.49. The van der Waals surface area contributed by atoms with Gasteiger partial charge >= 0.3 is 0 Å². The number of methoxy groups -OCH3 is 1. The molecule has 0 aliphatic rings. The second-order valence-electron chi connectivity index (χ2n) is 4.54. The van der Waals surface area contributed by atoms with Gasteiger partial charge in [0.15, 0.2) is 0 Å². The average molecular weight is 258 g/mol. The highest BCUT2D eigenvalue weighted by molar-refractivity contribution is 6.32. The Labute approximate surface area is 107 Å². The summed E-state index contributed by atoms with van der Waals surface area (Å²) >= 11 is 6.12. The van der Waals surface area contributed by atoms with E-state index < -0.39 is 0 Å². The predicted octanol–water partition coefficient (Wildman–Crippen LogP) is 1.64. The van der Waals surface area contributed by atoms with Gasteiger partial charge in [-0.1, -0.05) is 31.5 Å². The lowest BCUT2D eigenvalue weighted by Gasteiger charge is -2.26. The third-order valence-corrected chi connectivity index (χ3v) is 3.02. The van der Waals surface area contributed by atoms with Crippen molar-refractivity contribution in [2.24, 2.45) is 5.84 Å². The van der Waals surface area contributed by atoms with E-state index in [1.54, 1.807) is 7.11 Å². The number of hydrogen-bond acceptors (Lipinski definition) is 4. The Morgan fingerprint density at radius 2 is 2.12 bits per heavy atom. The van der Waals surface area contributed by atoms with Crippen molar-refractivity contribution in [1.29, 1.82) is 0 Å². The SMILES string of the molecule is COc1ccc(C(C)(C)CNCNN)cc1Cl. The van der Waals surface area contributed by atoms with Gasteiger partial charge in [-0.3, -0.25) is 5.84 Å². The zero-order valence-electron chi connectivity index (χ0n) is 10.5. The zero-order valence-corrected chi connectivity index (χ0v) is 11.3. The number of halogens is 1. The molecule has 0 heterocycles. The molecule has 0 atom stereocenters. The number of nitrogens with one attached hydrogen (secondary N) is 2. The highest BCUT2D eigenvalue weighted by atomic mass is 35.5. The molecule has 0 amide bonds. The average Bonchev–Trinajstić information content (AvgIpc) is 2.29. The van der Waals surface area contributed by atoms with Crippen molar-refractivity contribution in [3.8, 4) is 5.75 Å². The quantitative estimate of drug-likeness (QED) is 0.314. The van der Waals surface area contributed by atoms with Crippen LogP contribution in [0.1, 0.15) is 19.4 Å². The fraction of sp³-hybridized carbons (Fsp3) is 0.500. The molecule has 4 nitrogen and oxygen atoms in total. The van der Waals surface area contributed by atoms with Crippen LogP contribution in [0.15, 0.2) is 18.2 Å². The van der Waals surface area contributed by atoms with E-state index in [-0.39, 0.29) is 5.41 Å². The lowest BCUT2D eigenvalue weighted by atomic mass is 9.84. The van der Waals surface area contributed by atoms with Gasteiger partial charge in [0.2, 0.25) is 0 Å². The number of nitrogens with two attached hydrogens (primary N) is 1. The fourth-order valence-electron chi connectivity index (χ4n) is 1.64. The maximum atomic E-state index is 6.12. The molecule has 0 bridgehead atoms. The maximum absolute atomic E-state index is 6.12. The summed E-state index contributed by atoms with van der Waals surface area (Å²) in [5.41, 5.74) is 3.70. The van der Waals surface area contributed by atoms with E-state index >= 15 is 0 Å². The van der Waals surface area contributed by atoms with Gasteiger partial charge in [0.1, 0.15) is 5.75 Å². The van der Waals surface area contributed by atoms with Crippen molar-refractivity contribution in [2.45, 2.75) is 19.3 Å². The number of hydrogen-bond donors (Lipinski definition) is 3. The molecule has 0 unspecified atom stereocenters. The molecule has 1 aromatic rings. The molecule has 4 N–H and O–H groups in total. The summed E-state index contributed by atoms with van der Waals surface area (Å²) in [5, 5.41) is 3.85. The van der Waals surface area contributed by atoms with Gasteiger partial charge in [0.05, 0.1) is 18.8 Å². The van der Waals surface area contributed by atoms with Crippen LogP contribution in [0.2, 0.25) is 5.02 Å². The van der Waals surface area contributed by atoms with Crippen molar-refractivity contribution in [3.05, 3.63) is 28.8 Å². The summed E-state index contributed by atoms with van der Waals surface area (Å²) in [7, 11) is 1.61. The summed E-state index contributed by atoms with van der Waals surface area (Å²) < 4.78 is 5.14. The van der Waals surface area contributed by atoms with Gasteiger partial charge < -0.3 is 10.1 Å². The summed E-state index contributed by atoms with van der Waals surface area (Å²) in [6, 6.07) is 5.86. The molecule has 0 aliphatic heterocycles. The Balaban J connectivity index is 2.80. The Morgan fingerprint density at radius 3 is 2.65 bits per heavy atom. The Kier molecular flexibility index (Phi) is 5.21. The molecule has 0 fully saturated rings. The second kappa shape index (κ2) is 6.21. The van der Waals surface area contributed by atoms with Crippen molar-refractivity contribution < 1.29 is 4.74 Å². The maximum Gasteiger partial charge on any atom is 0.137 e. The van der Waals surface area contributed by atoms with Crippen LogP contribution >= 0.6 is 11.6 Å². The van der Waals surface area contributed by atoms with Crippen LogP contribution in [0.5, 0.6) is 5.75 Å². The van der Waals surface area contributed by atoms with E-state index in [9.17, 15) is 0 Å². The summed E-state index contributed by atoms with van der Waals surface area (Å²) in [6.07, 6.45) is 0. The Hall–Kier alpha value is -0.810. The second-order valence-corrected chi connectivity index (χ2v) is 4.95. The highest BCUT2D eigenvalue weighted by Crippen LogP contribution is 2.30. The molecule has 5 heteroatoms. The van der Waals surface area contributed by atoms with E-state index in [1.165, 1.54) is 0 Å². The molecule has 0 aromatic heterocycles. The van der Waals surface area contributed by atoms with Gasteiger partial charge in [-0.15, -0.1) is 0 Å². The summed E-state index contributed by atoms with van der Waals surface area (Å²) in [4.78, 5) is 0. The minimum Gasteiger partial charge on any atom is -0.495 e. The van der Waals surface area contributed by atoms with Crippen molar-refractivity contribution in [1.82, 2.24) is 10.7 Å². The Bertz CT molecular complexity index is 369. The molecule has 0 aliphatic carbocycles. The van der Waals surface area contributed by atoms with Crippen LogP contribution in [-0.2, 0) is 5.41 Å². The first-order chi connectivity index (χ1) is 8.01. The first-order valence-corrected chi connectivity index (χ1v) is 5.87. The number of benzene rings is 1. The Morgan fingerprint density at radius 1 is 1.41 bits per heavy atom. The topological polar surface area (TPSA) is 59.3 Å². The van der Waals surface area contributed by atoms with E-state index in [4.69, 9.17) is 22.2 Å². The number of rotatable bonds is 6. The molecular weight excluding hydrogens is 238 g/mol. The molecule has 0 saturated carbocycles.